The number of unbranched alkanes of at least 4 members (excludes halogenated alkanes) is 4. The molecule has 0 saturated carbocycles. The Hall–Kier alpha value is -2.07. The van der Waals surface area contributed by atoms with Gasteiger partial charge in [0.2, 0.25) is 0 Å². The van der Waals surface area contributed by atoms with Crippen LogP contribution in [-0.2, 0) is 0 Å². The summed E-state index contributed by atoms with van der Waals surface area (Å²) >= 11 is 0. The van der Waals surface area contributed by atoms with Crippen molar-refractivity contribution in [3.05, 3.63) is 48.4 Å². The van der Waals surface area contributed by atoms with Gasteiger partial charge in [-0.05, 0) is 43.2 Å². The van der Waals surface area contributed by atoms with Gasteiger partial charge in [-0.15, -0.1) is 12.4 Å². The van der Waals surface area contributed by atoms with Gasteiger partial charge in [-0.3, -0.25) is 9.38 Å². The van der Waals surface area contributed by atoms with E-state index in [-0.39, 0.29) is 12.4 Å². The van der Waals surface area contributed by atoms with Gasteiger partial charge in [-0.25, -0.2) is 4.98 Å². The van der Waals surface area contributed by atoms with Crippen molar-refractivity contribution in [2.75, 3.05) is 11.9 Å². The Morgan fingerprint density at radius 1 is 1.04 bits per heavy atom. The third kappa shape index (κ3) is 4.73. The van der Waals surface area contributed by atoms with E-state index >= 15 is 0 Å². The van der Waals surface area contributed by atoms with Crippen LogP contribution in [0.4, 0.5) is 5.82 Å². The van der Waals surface area contributed by atoms with Gasteiger partial charge < -0.3 is 5.32 Å². The van der Waals surface area contributed by atoms with E-state index < -0.39 is 0 Å². The van der Waals surface area contributed by atoms with E-state index in [1.54, 1.807) is 0 Å². The maximum atomic E-state index is 4.84. The van der Waals surface area contributed by atoms with E-state index in [2.05, 4.69) is 46.9 Å². The molecule has 0 unspecified atom stereocenters. The van der Waals surface area contributed by atoms with Crippen LogP contribution in [0.3, 0.4) is 0 Å². The maximum absolute atomic E-state index is 4.84. The molecular formula is C20H27ClN4. The smallest absolute Gasteiger partial charge is 0.139 e. The van der Waals surface area contributed by atoms with Crippen molar-refractivity contribution in [3.8, 4) is 11.3 Å². The lowest BCUT2D eigenvalue weighted by Gasteiger charge is -2.09. The number of aryl methyl sites for hydroxylation is 1. The standard InChI is InChI=1S/C20H26N4.ClH/c1-3-4-5-6-7-11-22-20-19(17-8-12-21-13-9-17)23-18-15-16(2)10-14-24(18)20;/h8-10,12-15,22H,3-7,11H2,1-2H3;1H. The molecule has 3 rings (SSSR count). The topological polar surface area (TPSA) is 42.2 Å². The Morgan fingerprint density at radius 2 is 1.80 bits per heavy atom. The van der Waals surface area contributed by atoms with E-state index in [9.17, 15) is 0 Å². The van der Waals surface area contributed by atoms with Crippen molar-refractivity contribution in [2.45, 2.75) is 46.0 Å². The summed E-state index contributed by atoms with van der Waals surface area (Å²) in [6, 6.07) is 8.27. The first kappa shape index (κ1) is 19.3. The molecule has 0 bridgehead atoms. The summed E-state index contributed by atoms with van der Waals surface area (Å²) in [5.74, 6) is 1.08. The lowest BCUT2D eigenvalue weighted by molar-refractivity contribution is 0.644. The number of anilines is 1. The zero-order valence-corrected chi connectivity index (χ0v) is 15.9. The summed E-state index contributed by atoms with van der Waals surface area (Å²) in [4.78, 5) is 8.96. The Morgan fingerprint density at radius 3 is 2.56 bits per heavy atom. The fourth-order valence-corrected chi connectivity index (χ4v) is 2.96. The lowest BCUT2D eigenvalue weighted by atomic mass is 10.1. The van der Waals surface area contributed by atoms with Crippen molar-refractivity contribution in [2.24, 2.45) is 0 Å². The Bertz CT molecular complexity index is 783. The maximum Gasteiger partial charge on any atom is 0.139 e. The number of nitrogens with zero attached hydrogens (tertiary/aromatic N) is 3. The molecular weight excluding hydrogens is 332 g/mol. The number of imidazole rings is 1. The number of hydrogen-bond donors (Lipinski definition) is 1. The van der Waals surface area contributed by atoms with Crippen molar-refractivity contribution in [1.82, 2.24) is 14.4 Å². The van der Waals surface area contributed by atoms with Crippen molar-refractivity contribution in [3.63, 3.8) is 0 Å². The summed E-state index contributed by atoms with van der Waals surface area (Å²) in [5.41, 5.74) is 4.30. The van der Waals surface area contributed by atoms with Crippen LogP contribution >= 0.6 is 12.4 Å². The SMILES string of the molecule is CCCCCCCNc1c(-c2ccncc2)nc2cc(C)ccn12.Cl. The number of fused-ring (bicyclic) bond motifs is 1. The summed E-state index contributed by atoms with van der Waals surface area (Å²) < 4.78 is 2.15. The highest BCUT2D eigenvalue weighted by Crippen LogP contribution is 2.28. The fourth-order valence-electron chi connectivity index (χ4n) is 2.96. The van der Waals surface area contributed by atoms with E-state index in [0.717, 1.165) is 29.3 Å². The van der Waals surface area contributed by atoms with Crippen LogP contribution in [0.25, 0.3) is 16.9 Å². The third-order valence-corrected chi connectivity index (χ3v) is 4.31. The third-order valence-electron chi connectivity index (χ3n) is 4.31. The highest BCUT2D eigenvalue weighted by Gasteiger charge is 2.13. The van der Waals surface area contributed by atoms with Gasteiger partial charge in [0.1, 0.15) is 17.2 Å². The monoisotopic (exact) mass is 358 g/mol. The molecule has 0 aliphatic rings. The Labute approximate surface area is 156 Å². The zero-order chi connectivity index (χ0) is 16.8. The number of rotatable bonds is 8. The predicted octanol–water partition coefficient (Wildman–Crippen LogP) is 5.51. The second kappa shape index (κ2) is 9.42. The van der Waals surface area contributed by atoms with Crippen LogP contribution in [0.15, 0.2) is 42.9 Å². The van der Waals surface area contributed by atoms with Gasteiger partial charge in [-0.1, -0.05) is 32.6 Å². The molecule has 0 aliphatic carbocycles. The molecule has 1 N–H and O–H groups in total. The van der Waals surface area contributed by atoms with Crippen LogP contribution in [0.2, 0.25) is 0 Å². The minimum absolute atomic E-state index is 0. The molecule has 0 radical (unpaired) electrons. The van der Waals surface area contributed by atoms with Gasteiger partial charge >= 0.3 is 0 Å². The van der Waals surface area contributed by atoms with E-state index in [4.69, 9.17) is 4.98 Å². The summed E-state index contributed by atoms with van der Waals surface area (Å²) in [5, 5.41) is 3.61. The molecule has 4 nitrogen and oxygen atoms in total. The molecule has 0 fully saturated rings. The predicted molar refractivity (Wildman–Crippen MR) is 108 cm³/mol. The van der Waals surface area contributed by atoms with Gasteiger partial charge in [0.25, 0.3) is 0 Å². The Kier molecular flexibility index (Phi) is 7.26. The first-order valence-corrected chi connectivity index (χ1v) is 8.92. The summed E-state index contributed by atoms with van der Waals surface area (Å²) in [6.45, 7) is 5.32. The van der Waals surface area contributed by atoms with Gasteiger partial charge in [-0.2, -0.15) is 0 Å². The van der Waals surface area contributed by atoms with Gasteiger partial charge in [0.15, 0.2) is 0 Å². The lowest BCUT2D eigenvalue weighted by Crippen LogP contribution is -2.05. The molecule has 3 aromatic heterocycles. The van der Waals surface area contributed by atoms with Crippen molar-refractivity contribution in [1.29, 1.82) is 0 Å². The molecule has 0 aromatic carbocycles. The number of aromatic nitrogens is 3. The van der Waals surface area contributed by atoms with E-state index in [1.807, 2.05) is 24.5 Å². The van der Waals surface area contributed by atoms with Crippen LogP contribution in [-0.4, -0.2) is 20.9 Å². The Balaban J connectivity index is 0.00000225. The average Bonchev–Trinajstić information content (AvgIpc) is 2.96. The normalized spacial score (nSPS) is 10.6. The van der Waals surface area contributed by atoms with Gasteiger partial charge in [0, 0.05) is 30.7 Å². The van der Waals surface area contributed by atoms with Crippen LogP contribution in [0.1, 0.15) is 44.6 Å². The average molecular weight is 359 g/mol. The molecule has 0 amide bonds. The van der Waals surface area contributed by atoms with E-state index in [1.165, 1.54) is 37.7 Å². The zero-order valence-electron chi connectivity index (χ0n) is 15.0. The molecule has 25 heavy (non-hydrogen) atoms. The summed E-state index contributed by atoms with van der Waals surface area (Å²) in [7, 11) is 0. The largest absolute Gasteiger partial charge is 0.369 e. The minimum Gasteiger partial charge on any atom is -0.369 e. The minimum atomic E-state index is 0. The number of nitrogens with one attached hydrogen (secondary N) is 1. The molecule has 0 saturated heterocycles. The number of hydrogen-bond acceptors (Lipinski definition) is 3. The first-order valence-electron chi connectivity index (χ1n) is 8.92. The molecule has 0 atom stereocenters. The van der Waals surface area contributed by atoms with E-state index in [0.29, 0.717) is 0 Å². The molecule has 134 valence electrons. The molecule has 0 spiro atoms. The number of pyridine rings is 2. The van der Waals surface area contributed by atoms with Crippen molar-refractivity contribution >= 4 is 23.9 Å². The van der Waals surface area contributed by atoms with Crippen LogP contribution in [0.5, 0.6) is 0 Å². The highest BCUT2D eigenvalue weighted by atomic mass is 35.5. The summed E-state index contributed by atoms with van der Waals surface area (Å²) in [6.07, 6.45) is 12.1. The second-order valence-corrected chi connectivity index (χ2v) is 6.32. The van der Waals surface area contributed by atoms with Crippen molar-refractivity contribution < 1.29 is 0 Å². The fraction of sp³-hybridized carbons (Fsp3) is 0.400. The molecule has 0 aliphatic heterocycles. The quantitative estimate of drug-likeness (QED) is 0.540. The van der Waals surface area contributed by atoms with Gasteiger partial charge in [0.05, 0.1) is 0 Å². The molecule has 3 heterocycles. The second-order valence-electron chi connectivity index (χ2n) is 6.32. The molecule has 3 aromatic rings. The van der Waals surface area contributed by atoms with Crippen LogP contribution < -0.4 is 5.32 Å². The van der Waals surface area contributed by atoms with Crippen LogP contribution in [0, 0.1) is 6.92 Å². The number of halogens is 1. The first-order chi connectivity index (χ1) is 11.8. The highest BCUT2D eigenvalue weighted by molar-refractivity contribution is 5.85. The molecule has 5 heteroatoms.